The number of carbonyl (C=O) groups excluding carboxylic acids is 2. The van der Waals surface area contributed by atoms with E-state index in [1.165, 1.54) is 0 Å². The van der Waals surface area contributed by atoms with Crippen LogP contribution in [0.25, 0.3) is 0 Å². The van der Waals surface area contributed by atoms with Crippen molar-refractivity contribution in [2.45, 2.75) is 69.0 Å². The van der Waals surface area contributed by atoms with Gasteiger partial charge in [0.25, 0.3) is 0 Å². The van der Waals surface area contributed by atoms with Crippen LogP contribution in [0.3, 0.4) is 0 Å². The molecule has 0 spiro atoms. The smallest absolute Gasteiger partial charge is 0.347 e. The molecule has 2 fully saturated rings. The Balaban J connectivity index is 1.54. The van der Waals surface area contributed by atoms with Crippen LogP contribution >= 0.6 is 0 Å². The van der Waals surface area contributed by atoms with Gasteiger partial charge in [-0.05, 0) is 43.9 Å². The molecule has 8 heteroatoms. The number of hydrogen-bond acceptors (Lipinski definition) is 6. The SMILES string of the molecule is CC1CC(OC(=O)CCc2ccc(S(=O)(=O)N3CCCCCC3)cc2)C(=O)O1. The van der Waals surface area contributed by atoms with E-state index in [1.54, 1.807) is 35.5 Å². The van der Waals surface area contributed by atoms with E-state index in [-0.39, 0.29) is 17.4 Å². The number of cyclic esters (lactones) is 1. The van der Waals surface area contributed by atoms with E-state index in [4.69, 9.17) is 9.47 Å². The lowest BCUT2D eigenvalue weighted by atomic mass is 10.1. The summed E-state index contributed by atoms with van der Waals surface area (Å²) in [5.41, 5.74) is 0.842. The number of benzene rings is 1. The number of rotatable bonds is 6. The van der Waals surface area contributed by atoms with Crippen LogP contribution < -0.4 is 0 Å². The maximum absolute atomic E-state index is 12.8. The summed E-state index contributed by atoms with van der Waals surface area (Å²) < 4.78 is 37.2. The molecule has 2 aliphatic rings. The normalized spacial score (nSPS) is 23.8. The van der Waals surface area contributed by atoms with Gasteiger partial charge in [-0.3, -0.25) is 4.79 Å². The van der Waals surface area contributed by atoms with Gasteiger partial charge in [0, 0.05) is 25.9 Å². The summed E-state index contributed by atoms with van der Waals surface area (Å²) in [6.45, 7) is 2.89. The van der Waals surface area contributed by atoms with Gasteiger partial charge in [0.05, 0.1) is 4.90 Å². The third-order valence-electron chi connectivity index (χ3n) is 5.14. The first-order valence-corrected chi connectivity index (χ1v) is 11.3. The van der Waals surface area contributed by atoms with Gasteiger partial charge in [0.2, 0.25) is 16.1 Å². The molecule has 2 unspecified atom stereocenters. The van der Waals surface area contributed by atoms with Crippen molar-refractivity contribution in [2.24, 2.45) is 0 Å². The minimum absolute atomic E-state index is 0.121. The predicted octanol–water partition coefficient (Wildman–Crippen LogP) is 2.43. The number of esters is 2. The standard InChI is InChI=1S/C20H27NO6S/c1-15-14-18(20(23)26-15)27-19(22)11-8-16-6-9-17(10-7-16)28(24,25)21-12-4-2-3-5-13-21/h6-7,9-10,15,18H,2-5,8,11-14H2,1H3. The van der Waals surface area contributed by atoms with Crippen LogP contribution in [0.5, 0.6) is 0 Å². The van der Waals surface area contributed by atoms with Gasteiger partial charge in [0.15, 0.2) is 0 Å². The molecule has 0 bridgehead atoms. The molecule has 0 amide bonds. The molecule has 2 saturated heterocycles. The van der Waals surface area contributed by atoms with Gasteiger partial charge in [-0.15, -0.1) is 0 Å². The predicted molar refractivity (Wildman–Crippen MR) is 102 cm³/mol. The first-order valence-electron chi connectivity index (χ1n) is 9.85. The molecule has 1 aromatic carbocycles. The van der Waals surface area contributed by atoms with E-state index in [9.17, 15) is 18.0 Å². The number of carbonyl (C=O) groups is 2. The summed E-state index contributed by atoms with van der Waals surface area (Å²) in [5.74, 6) is -0.957. The first kappa shape index (κ1) is 20.8. The van der Waals surface area contributed by atoms with E-state index in [0.717, 1.165) is 31.2 Å². The van der Waals surface area contributed by atoms with Crippen molar-refractivity contribution in [3.63, 3.8) is 0 Å². The quantitative estimate of drug-likeness (QED) is 0.671. The van der Waals surface area contributed by atoms with Crippen LogP contribution in [-0.2, 0) is 35.5 Å². The number of nitrogens with zero attached hydrogens (tertiary/aromatic N) is 1. The number of ether oxygens (including phenoxy) is 2. The molecule has 1 aromatic rings. The molecular formula is C20H27NO6S. The summed E-state index contributed by atoms with van der Waals surface area (Å²) in [7, 11) is -3.47. The lowest BCUT2D eigenvalue weighted by molar-refractivity contribution is -0.160. The van der Waals surface area contributed by atoms with E-state index < -0.39 is 28.1 Å². The Morgan fingerprint density at radius 2 is 1.79 bits per heavy atom. The van der Waals surface area contributed by atoms with Crippen molar-refractivity contribution >= 4 is 22.0 Å². The number of sulfonamides is 1. The molecule has 0 aliphatic carbocycles. The van der Waals surface area contributed by atoms with Crippen LogP contribution in [-0.4, -0.2) is 50.0 Å². The van der Waals surface area contributed by atoms with Crippen molar-refractivity contribution in [3.8, 4) is 0 Å². The highest BCUT2D eigenvalue weighted by Crippen LogP contribution is 2.21. The van der Waals surface area contributed by atoms with Crippen LogP contribution in [0.15, 0.2) is 29.2 Å². The Kier molecular flexibility index (Phi) is 6.72. The highest BCUT2D eigenvalue weighted by atomic mass is 32.2. The largest absolute Gasteiger partial charge is 0.460 e. The third-order valence-corrected chi connectivity index (χ3v) is 7.06. The maximum Gasteiger partial charge on any atom is 0.347 e. The molecule has 0 radical (unpaired) electrons. The summed E-state index contributed by atoms with van der Waals surface area (Å²) in [4.78, 5) is 23.8. The van der Waals surface area contributed by atoms with Crippen LogP contribution in [0.4, 0.5) is 0 Å². The monoisotopic (exact) mass is 409 g/mol. The molecule has 2 atom stereocenters. The molecule has 28 heavy (non-hydrogen) atoms. The highest BCUT2D eigenvalue weighted by molar-refractivity contribution is 7.89. The van der Waals surface area contributed by atoms with E-state index in [0.29, 0.717) is 25.9 Å². The van der Waals surface area contributed by atoms with Gasteiger partial charge in [-0.25, -0.2) is 13.2 Å². The minimum Gasteiger partial charge on any atom is -0.460 e. The lowest BCUT2D eigenvalue weighted by Crippen LogP contribution is -2.31. The Morgan fingerprint density at radius 1 is 1.14 bits per heavy atom. The van der Waals surface area contributed by atoms with Gasteiger partial charge < -0.3 is 9.47 Å². The molecule has 0 saturated carbocycles. The van der Waals surface area contributed by atoms with Gasteiger partial charge in [-0.1, -0.05) is 25.0 Å². The Labute approximate surface area is 166 Å². The Morgan fingerprint density at radius 3 is 2.36 bits per heavy atom. The number of aryl methyl sites for hydroxylation is 1. The summed E-state index contributed by atoms with van der Waals surface area (Å²) in [5, 5.41) is 0. The molecule has 2 aliphatic heterocycles. The zero-order valence-corrected chi connectivity index (χ0v) is 16.9. The van der Waals surface area contributed by atoms with Crippen LogP contribution in [0.1, 0.15) is 51.0 Å². The lowest BCUT2D eigenvalue weighted by Gasteiger charge is -2.20. The topological polar surface area (TPSA) is 90.0 Å². The third kappa shape index (κ3) is 5.11. The Bertz CT molecular complexity index is 796. The van der Waals surface area contributed by atoms with Crippen molar-refractivity contribution < 1.29 is 27.5 Å². The first-order chi connectivity index (χ1) is 13.4. The fraction of sp³-hybridized carbons (Fsp3) is 0.600. The maximum atomic E-state index is 12.8. The molecular weight excluding hydrogens is 382 g/mol. The Hall–Kier alpha value is -1.93. The van der Waals surface area contributed by atoms with Crippen molar-refractivity contribution in [3.05, 3.63) is 29.8 Å². The molecule has 154 valence electrons. The molecule has 2 heterocycles. The van der Waals surface area contributed by atoms with Crippen molar-refractivity contribution in [1.29, 1.82) is 0 Å². The number of hydrogen-bond donors (Lipinski definition) is 0. The molecule has 0 aromatic heterocycles. The highest BCUT2D eigenvalue weighted by Gasteiger charge is 2.34. The average Bonchev–Trinajstić information content (AvgIpc) is 2.87. The fourth-order valence-electron chi connectivity index (χ4n) is 3.54. The summed E-state index contributed by atoms with van der Waals surface area (Å²) in [6, 6.07) is 6.64. The minimum atomic E-state index is -3.47. The van der Waals surface area contributed by atoms with E-state index in [2.05, 4.69) is 0 Å². The fourth-order valence-corrected chi connectivity index (χ4v) is 5.06. The summed E-state index contributed by atoms with van der Waals surface area (Å²) >= 11 is 0. The van der Waals surface area contributed by atoms with Crippen LogP contribution in [0, 0.1) is 0 Å². The molecule has 0 N–H and O–H groups in total. The second kappa shape index (κ2) is 9.05. The summed E-state index contributed by atoms with van der Waals surface area (Å²) in [6.07, 6.45) is 3.80. The van der Waals surface area contributed by atoms with E-state index >= 15 is 0 Å². The van der Waals surface area contributed by atoms with E-state index in [1.807, 2.05) is 0 Å². The average molecular weight is 410 g/mol. The van der Waals surface area contributed by atoms with Gasteiger partial charge in [-0.2, -0.15) is 4.31 Å². The van der Waals surface area contributed by atoms with Crippen molar-refractivity contribution in [2.75, 3.05) is 13.1 Å². The van der Waals surface area contributed by atoms with Crippen LogP contribution in [0.2, 0.25) is 0 Å². The second-order valence-corrected chi connectivity index (χ2v) is 9.36. The van der Waals surface area contributed by atoms with Crippen molar-refractivity contribution in [1.82, 2.24) is 4.31 Å². The molecule has 7 nitrogen and oxygen atoms in total. The van der Waals surface area contributed by atoms with Gasteiger partial charge in [0.1, 0.15) is 6.10 Å². The zero-order chi connectivity index (χ0) is 20.1. The zero-order valence-electron chi connectivity index (χ0n) is 16.1. The second-order valence-electron chi connectivity index (χ2n) is 7.42. The molecule has 3 rings (SSSR count). The van der Waals surface area contributed by atoms with Gasteiger partial charge >= 0.3 is 11.9 Å².